The van der Waals surface area contributed by atoms with E-state index in [1.54, 1.807) is 17.5 Å². The fourth-order valence-corrected chi connectivity index (χ4v) is 5.53. The molecule has 0 saturated carbocycles. The van der Waals surface area contributed by atoms with E-state index in [0.717, 1.165) is 12.0 Å². The van der Waals surface area contributed by atoms with Gasteiger partial charge in [-0.15, -0.1) is 11.3 Å². The lowest BCUT2D eigenvalue weighted by molar-refractivity contribution is 0.561. The molecule has 1 aliphatic rings. The number of benzene rings is 1. The van der Waals surface area contributed by atoms with Crippen LogP contribution >= 0.6 is 27.3 Å². The van der Waals surface area contributed by atoms with Crippen molar-refractivity contribution >= 4 is 37.3 Å². The van der Waals surface area contributed by atoms with Gasteiger partial charge in [0.1, 0.15) is 4.21 Å². The minimum absolute atomic E-state index is 0.0969. The molecule has 6 heteroatoms. The van der Waals surface area contributed by atoms with Crippen LogP contribution in [0, 0.1) is 0 Å². The number of hydrogen-bond acceptors (Lipinski definition) is 3. The van der Waals surface area contributed by atoms with Gasteiger partial charge in [-0.1, -0.05) is 46.3 Å². The molecule has 3 rings (SSSR count). The SMILES string of the molecule is O=S(=O)(NC1c2ccccc2CC1Br)c1cccs1. The molecule has 19 heavy (non-hydrogen) atoms. The van der Waals surface area contributed by atoms with Crippen LogP contribution in [0.3, 0.4) is 0 Å². The smallest absolute Gasteiger partial charge is 0.206 e. The molecule has 1 N–H and O–H groups in total. The van der Waals surface area contributed by atoms with E-state index in [1.807, 2.05) is 24.3 Å². The summed E-state index contributed by atoms with van der Waals surface area (Å²) in [6, 6.07) is 11.1. The number of sulfonamides is 1. The number of rotatable bonds is 3. The van der Waals surface area contributed by atoms with Crippen LogP contribution in [-0.4, -0.2) is 13.2 Å². The second kappa shape index (κ2) is 5.01. The number of halogens is 1. The molecular formula is C13H12BrNO2S2. The number of fused-ring (bicyclic) bond motifs is 1. The maximum atomic E-state index is 12.3. The van der Waals surface area contributed by atoms with Crippen molar-refractivity contribution in [3.63, 3.8) is 0 Å². The topological polar surface area (TPSA) is 46.2 Å². The van der Waals surface area contributed by atoms with Crippen molar-refractivity contribution in [1.29, 1.82) is 0 Å². The first-order valence-corrected chi connectivity index (χ1v) is 9.13. The normalized spacial score (nSPS) is 22.4. The molecule has 1 aromatic heterocycles. The molecule has 1 aliphatic carbocycles. The Bertz CT molecular complexity index is 682. The van der Waals surface area contributed by atoms with Gasteiger partial charge in [0.05, 0.1) is 6.04 Å². The highest BCUT2D eigenvalue weighted by Gasteiger charge is 2.34. The minimum atomic E-state index is -3.44. The third-order valence-corrected chi connectivity index (χ3v) is 6.90. The Balaban J connectivity index is 1.92. The maximum absolute atomic E-state index is 12.3. The Kier molecular flexibility index (Phi) is 3.51. The monoisotopic (exact) mass is 357 g/mol. The fraction of sp³-hybridized carbons (Fsp3) is 0.231. The fourth-order valence-electron chi connectivity index (χ4n) is 2.33. The highest BCUT2D eigenvalue weighted by Crippen LogP contribution is 2.36. The van der Waals surface area contributed by atoms with Crippen molar-refractivity contribution < 1.29 is 8.42 Å². The summed E-state index contributed by atoms with van der Waals surface area (Å²) in [6.45, 7) is 0. The molecule has 0 spiro atoms. The third kappa shape index (κ3) is 2.50. The molecule has 0 radical (unpaired) electrons. The van der Waals surface area contributed by atoms with E-state index in [2.05, 4.69) is 20.7 Å². The van der Waals surface area contributed by atoms with Gasteiger partial charge in [-0.05, 0) is 29.0 Å². The van der Waals surface area contributed by atoms with Gasteiger partial charge in [0.2, 0.25) is 0 Å². The van der Waals surface area contributed by atoms with Crippen molar-refractivity contribution in [1.82, 2.24) is 4.72 Å². The van der Waals surface area contributed by atoms with Crippen molar-refractivity contribution in [3.8, 4) is 0 Å². The Morgan fingerprint density at radius 1 is 1.21 bits per heavy atom. The first kappa shape index (κ1) is 13.3. The van der Waals surface area contributed by atoms with Crippen molar-refractivity contribution in [2.45, 2.75) is 21.5 Å². The molecule has 2 unspecified atom stereocenters. The van der Waals surface area contributed by atoms with Gasteiger partial charge in [0, 0.05) is 4.83 Å². The molecule has 2 aromatic rings. The highest BCUT2D eigenvalue weighted by atomic mass is 79.9. The van der Waals surface area contributed by atoms with E-state index in [0.29, 0.717) is 4.21 Å². The van der Waals surface area contributed by atoms with E-state index in [4.69, 9.17) is 0 Å². The van der Waals surface area contributed by atoms with Gasteiger partial charge in [0.25, 0.3) is 10.0 Å². The van der Waals surface area contributed by atoms with E-state index in [9.17, 15) is 8.42 Å². The summed E-state index contributed by atoms with van der Waals surface area (Å²) in [5.74, 6) is 0. The number of hydrogen-bond donors (Lipinski definition) is 1. The Morgan fingerprint density at radius 3 is 2.74 bits per heavy atom. The second-order valence-electron chi connectivity index (χ2n) is 4.45. The molecule has 0 aliphatic heterocycles. The zero-order chi connectivity index (χ0) is 13.5. The molecule has 0 saturated heterocycles. The van der Waals surface area contributed by atoms with E-state index >= 15 is 0 Å². The standard InChI is InChI=1S/C13H12BrNO2S2/c14-11-8-9-4-1-2-5-10(9)13(11)15-19(16,17)12-6-3-7-18-12/h1-7,11,13,15H,8H2. The largest absolute Gasteiger partial charge is 0.250 e. The van der Waals surface area contributed by atoms with Crippen LogP contribution in [0.2, 0.25) is 0 Å². The number of alkyl halides is 1. The quantitative estimate of drug-likeness (QED) is 0.858. The molecule has 100 valence electrons. The summed E-state index contributed by atoms with van der Waals surface area (Å²) in [5.41, 5.74) is 2.26. The van der Waals surface area contributed by atoms with Crippen LogP contribution in [0.4, 0.5) is 0 Å². The van der Waals surface area contributed by atoms with Crippen molar-refractivity contribution in [2.24, 2.45) is 0 Å². The van der Waals surface area contributed by atoms with E-state index < -0.39 is 10.0 Å². The summed E-state index contributed by atoms with van der Waals surface area (Å²) in [6.07, 6.45) is 0.841. The van der Waals surface area contributed by atoms with Gasteiger partial charge in [0.15, 0.2) is 0 Å². The van der Waals surface area contributed by atoms with E-state index in [-0.39, 0.29) is 10.9 Å². The van der Waals surface area contributed by atoms with Crippen molar-refractivity contribution in [2.75, 3.05) is 0 Å². The highest BCUT2D eigenvalue weighted by molar-refractivity contribution is 9.09. The first-order chi connectivity index (χ1) is 9.08. The molecule has 0 bridgehead atoms. The van der Waals surface area contributed by atoms with Gasteiger partial charge in [-0.3, -0.25) is 0 Å². The van der Waals surface area contributed by atoms with Crippen LogP contribution in [0.25, 0.3) is 0 Å². The van der Waals surface area contributed by atoms with Gasteiger partial charge < -0.3 is 0 Å². The summed E-state index contributed by atoms with van der Waals surface area (Å²) in [5, 5.41) is 1.77. The molecule has 0 amide bonds. The Labute approximate surface area is 124 Å². The minimum Gasteiger partial charge on any atom is -0.206 e. The molecule has 3 nitrogen and oxygen atoms in total. The lowest BCUT2D eigenvalue weighted by Gasteiger charge is -2.17. The van der Waals surface area contributed by atoms with Crippen LogP contribution in [0.15, 0.2) is 46.0 Å². The van der Waals surface area contributed by atoms with Gasteiger partial charge in [-0.2, -0.15) is 0 Å². The number of nitrogens with one attached hydrogen (secondary N) is 1. The number of thiophene rings is 1. The van der Waals surface area contributed by atoms with Gasteiger partial charge in [-0.25, -0.2) is 13.1 Å². The van der Waals surface area contributed by atoms with Crippen molar-refractivity contribution in [3.05, 3.63) is 52.9 Å². The average Bonchev–Trinajstić information content (AvgIpc) is 2.99. The average molecular weight is 358 g/mol. The molecule has 1 aromatic carbocycles. The second-order valence-corrected chi connectivity index (χ2v) is 8.51. The summed E-state index contributed by atoms with van der Waals surface area (Å²) in [7, 11) is -3.44. The zero-order valence-electron chi connectivity index (χ0n) is 9.91. The Hall–Kier alpha value is -0.690. The Morgan fingerprint density at radius 2 is 2.00 bits per heavy atom. The summed E-state index contributed by atoms with van der Waals surface area (Å²) >= 11 is 4.81. The zero-order valence-corrected chi connectivity index (χ0v) is 13.1. The summed E-state index contributed by atoms with van der Waals surface area (Å²) < 4.78 is 27.7. The molecule has 2 atom stereocenters. The predicted octanol–water partition coefficient (Wildman–Crippen LogP) is 3.09. The molecule has 1 heterocycles. The first-order valence-electron chi connectivity index (χ1n) is 5.85. The van der Waals surface area contributed by atoms with Crippen LogP contribution in [0.5, 0.6) is 0 Å². The van der Waals surface area contributed by atoms with Crippen LogP contribution < -0.4 is 4.72 Å². The lowest BCUT2D eigenvalue weighted by atomic mass is 10.1. The summed E-state index contributed by atoms with van der Waals surface area (Å²) in [4.78, 5) is 0.0969. The van der Waals surface area contributed by atoms with Gasteiger partial charge >= 0.3 is 0 Å². The lowest BCUT2D eigenvalue weighted by Crippen LogP contribution is -2.31. The van der Waals surface area contributed by atoms with Crippen LogP contribution in [0.1, 0.15) is 17.2 Å². The predicted molar refractivity (Wildman–Crippen MR) is 80.2 cm³/mol. The van der Waals surface area contributed by atoms with Crippen LogP contribution in [-0.2, 0) is 16.4 Å². The molecule has 0 fully saturated rings. The third-order valence-electron chi connectivity index (χ3n) is 3.21. The molecular weight excluding hydrogens is 346 g/mol. The van der Waals surface area contributed by atoms with E-state index in [1.165, 1.54) is 16.9 Å². The maximum Gasteiger partial charge on any atom is 0.250 e.